The SMILES string of the molecule is CCc1ccc(C(=O)N2CCN(c3cc(=O)[nH]c(N)n3)CC2)[nH]1. The van der Waals surface area contributed by atoms with Crippen LogP contribution in [0.25, 0.3) is 0 Å². The third-order valence-electron chi connectivity index (χ3n) is 4.00. The molecule has 2 aromatic rings. The van der Waals surface area contributed by atoms with E-state index >= 15 is 0 Å². The molecule has 3 heterocycles. The first-order valence-electron chi connectivity index (χ1n) is 7.65. The van der Waals surface area contributed by atoms with E-state index in [4.69, 9.17) is 5.73 Å². The molecule has 0 spiro atoms. The Morgan fingerprint density at radius 3 is 2.61 bits per heavy atom. The standard InChI is InChI=1S/C15H20N6O2/c1-2-10-3-4-11(17-10)14(23)21-7-5-20(6-8-21)12-9-13(22)19-15(16)18-12/h3-4,9,17H,2,5-8H2,1H3,(H3,16,18,19,22). The topological polar surface area (TPSA) is 111 Å². The van der Waals surface area contributed by atoms with Crippen LogP contribution in [-0.4, -0.2) is 51.9 Å². The van der Waals surface area contributed by atoms with Gasteiger partial charge in [0.05, 0.1) is 0 Å². The van der Waals surface area contributed by atoms with Crippen molar-refractivity contribution in [2.75, 3.05) is 36.8 Å². The van der Waals surface area contributed by atoms with Gasteiger partial charge < -0.3 is 20.5 Å². The second kappa shape index (κ2) is 6.15. The second-order valence-electron chi connectivity index (χ2n) is 5.52. The van der Waals surface area contributed by atoms with Crippen LogP contribution >= 0.6 is 0 Å². The molecule has 1 aliphatic rings. The van der Waals surface area contributed by atoms with Crippen molar-refractivity contribution in [3.63, 3.8) is 0 Å². The van der Waals surface area contributed by atoms with E-state index in [1.165, 1.54) is 6.07 Å². The zero-order valence-corrected chi connectivity index (χ0v) is 13.0. The third kappa shape index (κ3) is 3.20. The lowest BCUT2D eigenvalue weighted by Crippen LogP contribution is -2.49. The molecule has 0 saturated carbocycles. The zero-order chi connectivity index (χ0) is 16.4. The number of carbonyl (C=O) groups excluding carboxylic acids is 1. The van der Waals surface area contributed by atoms with E-state index in [0.717, 1.165) is 12.1 Å². The Labute approximate surface area is 133 Å². The van der Waals surface area contributed by atoms with Gasteiger partial charge in [-0.15, -0.1) is 0 Å². The van der Waals surface area contributed by atoms with Gasteiger partial charge in [0.25, 0.3) is 11.5 Å². The van der Waals surface area contributed by atoms with Gasteiger partial charge in [0, 0.05) is 37.9 Å². The number of rotatable bonds is 3. The highest BCUT2D eigenvalue weighted by Gasteiger charge is 2.24. The number of hydrogen-bond acceptors (Lipinski definition) is 5. The average Bonchev–Trinajstić information content (AvgIpc) is 3.02. The fraction of sp³-hybridized carbons (Fsp3) is 0.400. The van der Waals surface area contributed by atoms with Gasteiger partial charge in [-0.05, 0) is 18.6 Å². The Morgan fingerprint density at radius 2 is 2.00 bits per heavy atom. The summed E-state index contributed by atoms with van der Waals surface area (Å²) in [5.74, 6) is 0.652. The lowest BCUT2D eigenvalue weighted by Gasteiger charge is -2.35. The minimum Gasteiger partial charge on any atom is -0.369 e. The molecule has 1 saturated heterocycles. The minimum absolute atomic E-state index is 0.00253. The van der Waals surface area contributed by atoms with E-state index in [2.05, 4.69) is 15.0 Å². The molecule has 0 atom stereocenters. The zero-order valence-electron chi connectivity index (χ0n) is 13.0. The molecular formula is C15H20N6O2. The molecule has 0 bridgehead atoms. The van der Waals surface area contributed by atoms with E-state index in [9.17, 15) is 9.59 Å². The van der Waals surface area contributed by atoms with Gasteiger partial charge in [-0.1, -0.05) is 6.92 Å². The first kappa shape index (κ1) is 15.1. The smallest absolute Gasteiger partial charge is 0.270 e. The summed E-state index contributed by atoms with van der Waals surface area (Å²) in [4.78, 5) is 37.4. The predicted molar refractivity (Wildman–Crippen MR) is 87.6 cm³/mol. The van der Waals surface area contributed by atoms with Gasteiger partial charge in [-0.25, -0.2) is 0 Å². The maximum atomic E-state index is 12.5. The summed E-state index contributed by atoms with van der Waals surface area (Å²) in [5.41, 5.74) is 6.97. The molecule has 0 unspecified atom stereocenters. The Bertz CT molecular complexity index is 757. The van der Waals surface area contributed by atoms with Crippen LogP contribution in [-0.2, 0) is 6.42 Å². The number of hydrogen-bond donors (Lipinski definition) is 3. The van der Waals surface area contributed by atoms with Crippen molar-refractivity contribution in [2.24, 2.45) is 0 Å². The van der Waals surface area contributed by atoms with Crippen LogP contribution in [0, 0.1) is 0 Å². The fourth-order valence-corrected chi connectivity index (χ4v) is 2.71. The van der Waals surface area contributed by atoms with Gasteiger partial charge >= 0.3 is 0 Å². The number of nitrogen functional groups attached to an aromatic ring is 1. The van der Waals surface area contributed by atoms with Gasteiger partial charge in [-0.2, -0.15) is 4.98 Å². The number of aromatic nitrogens is 3. The molecule has 122 valence electrons. The Balaban J connectivity index is 1.66. The van der Waals surface area contributed by atoms with Crippen molar-refractivity contribution in [3.05, 3.63) is 39.9 Å². The highest BCUT2D eigenvalue weighted by atomic mass is 16.2. The number of carbonyl (C=O) groups is 1. The predicted octanol–water partition coefficient (Wildman–Crippen LogP) is 0.205. The number of aromatic amines is 2. The van der Waals surface area contributed by atoms with Gasteiger partial charge in [-0.3, -0.25) is 14.6 Å². The van der Waals surface area contributed by atoms with E-state index in [0.29, 0.717) is 37.7 Å². The van der Waals surface area contributed by atoms with Crippen molar-refractivity contribution in [1.82, 2.24) is 19.9 Å². The van der Waals surface area contributed by atoms with E-state index in [1.807, 2.05) is 24.0 Å². The summed E-state index contributed by atoms with van der Waals surface area (Å²) in [5, 5.41) is 0. The molecule has 0 radical (unpaired) electrons. The van der Waals surface area contributed by atoms with Crippen LogP contribution in [0.1, 0.15) is 23.1 Å². The molecule has 23 heavy (non-hydrogen) atoms. The maximum Gasteiger partial charge on any atom is 0.270 e. The molecule has 1 aliphatic heterocycles. The molecule has 4 N–H and O–H groups in total. The van der Waals surface area contributed by atoms with Crippen molar-refractivity contribution >= 4 is 17.7 Å². The average molecular weight is 316 g/mol. The Kier molecular flexibility index (Phi) is 4.05. The third-order valence-corrected chi connectivity index (χ3v) is 4.00. The van der Waals surface area contributed by atoms with Crippen LogP contribution < -0.4 is 16.2 Å². The molecule has 0 aliphatic carbocycles. The second-order valence-corrected chi connectivity index (χ2v) is 5.52. The van der Waals surface area contributed by atoms with Crippen LogP contribution in [0.2, 0.25) is 0 Å². The van der Waals surface area contributed by atoms with E-state index in [1.54, 1.807) is 4.90 Å². The highest BCUT2D eigenvalue weighted by molar-refractivity contribution is 5.92. The largest absolute Gasteiger partial charge is 0.369 e. The van der Waals surface area contributed by atoms with E-state index < -0.39 is 0 Å². The number of H-pyrrole nitrogens is 2. The maximum absolute atomic E-state index is 12.5. The molecular weight excluding hydrogens is 296 g/mol. The number of piperazine rings is 1. The monoisotopic (exact) mass is 316 g/mol. The number of amides is 1. The number of nitrogens with one attached hydrogen (secondary N) is 2. The van der Waals surface area contributed by atoms with Crippen molar-refractivity contribution in [1.29, 1.82) is 0 Å². The molecule has 1 fully saturated rings. The van der Waals surface area contributed by atoms with Crippen LogP contribution in [0.3, 0.4) is 0 Å². The minimum atomic E-state index is -0.274. The van der Waals surface area contributed by atoms with Gasteiger partial charge in [0.15, 0.2) is 0 Å². The fourth-order valence-electron chi connectivity index (χ4n) is 2.71. The Morgan fingerprint density at radius 1 is 1.26 bits per heavy atom. The van der Waals surface area contributed by atoms with Crippen LogP contribution in [0.15, 0.2) is 23.0 Å². The summed E-state index contributed by atoms with van der Waals surface area (Å²) in [7, 11) is 0. The molecule has 8 nitrogen and oxygen atoms in total. The number of anilines is 2. The number of nitrogens with two attached hydrogens (primary N) is 1. The first-order chi connectivity index (χ1) is 11.1. The Hall–Kier alpha value is -2.77. The van der Waals surface area contributed by atoms with Gasteiger partial charge in [0.1, 0.15) is 11.5 Å². The van der Waals surface area contributed by atoms with Crippen LogP contribution in [0.4, 0.5) is 11.8 Å². The highest BCUT2D eigenvalue weighted by Crippen LogP contribution is 2.14. The normalized spacial score (nSPS) is 15.0. The summed E-state index contributed by atoms with van der Waals surface area (Å²) in [6.07, 6.45) is 0.872. The molecule has 3 rings (SSSR count). The number of aryl methyl sites for hydroxylation is 1. The summed E-state index contributed by atoms with van der Waals surface area (Å²) >= 11 is 0. The molecule has 0 aromatic carbocycles. The van der Waals surface area contributed by atoms with Gasteiger partial charge in [0.2, 0.25) is 5.95 Å². The summed E-state index contributed by atoms with van der Waals surface area (Å²) in [6, 6.07) is 5.19. The summed E-state index contributed by atoms with van der Waals surface area (Å²) in [6.45, 7) is 4.42. The van der Waals surface area contributed by atoms with Crippen molar-refractivity contribution < 1.29 is 4.79 Å². The number of nitrogens with zero attached hydrogens (tertiary/aromatic N) is 3. The lowest BCUT2D eigenvalue weighted by atomic mass is 10.2. The first-order valence-corrected chi connectivity index (χ1v) is 7.65. The molecule has 2 aromatic heterocycles. The summed E-state index contributed by atoms with van der Waals surface area (Å²) < 4.78 is 0. The van der Waals surface area contributed by atoms with Crippen molar-refractivity contribution in [2.45, 2.75) is 13.3 Å². The van der Waals surface area contributed by atoms with E-state index in [-0.39, 0.29) is 17.4 Å². The molecule has 1 amide bonds. The lowest BCUT2D eigenvalue weighted by molar-refractivity contribution is 0.0741. The van der Waals surface area contributed by atoms with Crippen LogP contribution in [0.5, 0.6) is 0 Å². The quantitative estimate of drug-likeness (QED) is 0.749. The van der Waals surface area contributed by atoms with Crippen molar-refractivity contribution in [3.8, 4) is 0 Å². The molecule has 8 heteroatoms.